The molecular weight excluding hydrogens is 410 g/mol. The fourth-order valence-electron chi connectivity index (χ4n) is 4.53. The van der Waals surface area contributed by atoms with Gasteiger partial charge >= 0.3 is 11.9 Å². The summed E-state index contributed by atoms with van der Waals surface area (Å²) in [5.74, 6) is -0.564. The van der Waals surface area contributed by atoms with Crippen LogP contribution < -0.4 is 4.74 Å². The summed E-state index contributed by atoms with van der Waals surface area (Å²) in [6.07, 6.45) is 7.22. The third-order valence-electron chi connectivity index (χ3n) is 6.65. The number of fused-ring (bicyclic) bond motifs is 1. The van der Waals surface area contributed by atoms with Gasteiger partial charge in [-0.05, 0) is 58.6 Å². The number of carbonyl (C=O) groups excluding carboxylic acids is 2. The summed E-state index contributed by atoms with van der Waals surface area (Å²) in [4.78, 5) is 26.4. The maximum Gasteiger partial charge on any atom is 0.342 e. The van der Waals surface area contributed by atoms with E-state index < -0.39 is 5.97 Å². The fraction of sp³-hybridized carbons (Fsp3) is 0.600. The van der Waals surface area contributed by atoms with E-state index >= 15 is 0 Å². The number of cyclic esters (lactones) is 1. The number of methoxy groups -OCH3 is 1. The second kappa shape index (κ2) is 10.9. The van der Waals surface area contributed by atoms with E-state index in [4.69, 9.17) is 14.2 Å². The highest BCUT2D eigenvalue weighted by atomic mass is 16.5. The zero-order valence-corrected chi connectivity index (χ0v) is 19.7. The number of phenolic OH excluding ortho intramolecular Hbond substituents is 1. The molecule has 2 heterocycles. The normalized spacial score (nSPS) is 18.9. The van der Waals surface area contributed by atoms with Gasteiger partial charge < -0.3 is 19.3 Å². The van der Waals surface area contributed by atoms with Crippen molar-refractivity contribution in [3.05, 3.63) is 33.9 Å². The molecule has 2 aliphatic rings. The Morgan fingerprint density at radius 3 is 2.81 bits per heavy atom. The van der Waals surface area contributed by atoms with Crippen LogP contribution in [0, 0.1) is 6.92 Å². The number of hydrogen-bond acceptors (Lipinski definition) is 7. The lowest BCUT2D eigenvalue weighted by Crippen LogP contribution is -2.39. The van der Waals surface area contributed by atoms with Crippen molar-refractivity contribution in [2.45, 2.75) is 71.9 Å². The molecule has 2 aliphatic heterocycles. The van der Waals surface area contributed by atoms with Gasteiger partial charge in [0, 0.05) is 30.1 Å². The molecule has 0 aliphatic carbocycles. The van der Waals surface area contributed by atoms with Crippen LogP contribution in [-0.4, -0.2) is 54.8 Å². The van der Waals surface area contributed by atoms with Crippen molar-refractivity contribution in [1.82, 2.24) is 4.90 Å². The van der Waals surface area contributed by atoms with Crippen molar-refractivity contribution in [1.29, 1.82) is 0 Å². The number of phenols is 1. The van der Waals surface area contributed by atoms with E-state index in [2.05, 4.69) is 11.8 Å². The average Bonchev–Trinajstić information content (AvgIpc) is 3.17. The molecule has 7 nitrogen and oxygen atoms in total. The molecule has 0 radical (unpaired) electrons. The van der Waals surface area contributed by atoms with Gasteiger partial charge in [0.05, 0.1) is 7.11 Å². The highest BCUT2D eigenvalue weighted by Gasteiger charge is 2.32. The molecule has 0 spiro atoms. The zero-order chi connectivity index (χ0) is 23.3. The van der Waals surface area contributed by atoms with Gasteiger partial charge in [-0.2, -0.15) is 0 Å². The first-order valence-corrected chi connectivity index (χ1v) is 11.5. The fourth-order valence-corrected chi connectivity index (χ4v) is 4.53. The Morgan fingerprint density at radius 1 is 1.31 bits per heavy atom. The summed E-state index contributed by atoms with van der Waals surface area (Å²) < 4.78 is 15.9. The molecule has 0 saturated carbocycles. The molecule has 0 aromatic heterocycles. The molecule has 3 rings (SSSR count). The lowest BCUT2D eigenvalue weighted by atomic mass is 9.93. The number of ether oxygens (including phenoxy) is 3. The summed E-state index contributed by atoms with van der Waals surface area (Å²) in [5, 5.41) is 10.5. The molecule has 1 aromatic rings. The van der Waals surface area contributed by atoms with Crippen LogP contribution in [-0.2, 0) is 27.3 Å². The minimum absolute atomic E-state index is 0.162. The monoisotopic (exact) mass is 445 g/mol. The largest absolute Gasteiger partial charge is 0.504 e. The first-order chi connectivity index (χ1) is 15.3. The molecule has 1 N–H and O–H groups in total. The molecule has 1 fully saturated rings. The molecule has 1 saturated heterocycles. The van der Waals surface area contributed by atoms with E-state index in [0.29, 0.717) is 43.2 Å². The van der Waals surface area contributed by atoms with E-state index in [0.717, 1.165) is 29.8 Å². The number of nitrogens with zero attached hydrogens (tertiary/aromatic N) is 1. The van der Waals surface area contributed by atoms with Crippen LogP contribution in [0.4, 0.5) is 0 Å². The smallest absolute Gasteiger partial charge is 0.342 e. The van der Waals surface area contributed by atoms with Crippen LogP contribution >= 0.6 is 0 Å². The standard InChI is InChI=1S/C25H35NO6/c1-16(9-11-21(27)31-14-13-26-12-6-5-7-17(26)2)8-10-19-18(3)20-15-32-25(29)22(20)23(28)24(19)30-4/h8,17,28H,5-7,9-15H2,1-4H3/b16-8+/t17-/m1/s1. The van der Waals surface area contributed by atoms with Crippen molar-refractivity contribution >= 4 is 11.9 Å². The molecule has 0 unspecified atom stereocenters. The summed E-state index contributed by atoms with van der Waals surface area (Å²) in [7, 11) is 1.47. The van der Waals surface area contributed by atoms with Gasteiger partial charge in [-0.25, -0.2) is 4.79 Å². The number of benzene rings is 1. The molecule has 7 heteroatoms. The Kier molecular flexibility index (Phi) is 8.18. The Bertz CT molecular complexity index is 891. The van der Waals surface area contributed by atoms with E-state index in [1.807, 2.05) is 19.9 Å². The SMILES string of the molecule is COc1c(O)c2c(c(C)c1C/C=C(\C)CCC(=O)OCCN1CCCC[C@H]1C)COC2=O. The third kappa shape index (κ3) is 5.44. The van der Waals surface area contributed by atoms with Gasteiger partial charge in [0.25, 0.3) is 0 Å². The molecule has 176 valence electrons. The van der Waals surface area contributed by atoms with Crippen LogP contribution in [0.25, 0.3) is 0 Å². The zero-order valence-electron chi connectivity index (χ0n) is 19.7. The molecule has 0 bridgehead atoms. The molecule has 1 atom stereocenters. The molecule has 0 amide bonds. The van der Waals surface area contributed by atoms with Crippen molar-refractivity contribution < 1.29 is 28.9 Å². The molecule has 1 aromatic carbocycles. The average molecular weight is 446 g/mol. The first-order valence-electron chi connectivity index (χ1n) is 11.5. The Balaban J connectivity index is 1.52. The number of rotatable bonds is 9. The van der Waals surface area contributed by atoms with Crippen LogP contribution in [0.15, 0.2) is 11.6 Å². The lowest BCUT2D eigenvalue weighted by Gasteiger charge is -2.32. The summed E-state index contributed by atoms with van der Waals surface area (Å²) in [5.41, 5.74) is 3.67. The van der Waals surface area contributed by atoms with Crippen molar-refractivity contribution in [2.24, 2.45) is 0 Å². The summed E-state index contributed by atoms with van der Waals surface area (Å²) >= 11 is 0. The summed E-state index contributed by atoms with van der Waals surface area (Å²) in [6.45, 7) is 8.60. The number of aromatic hydroxyl groups is 1. The third-order valence-corrected chi connectivity index (χ3v) is 6.65. The number of likely N-dealkylation sites (tertiary alicyclic amines) is 1. The number of hydrogen-bond donors (Lipinski definition) is 1. The topological polar surface area (TPSA) is 85.3 Å². The van der Waals surface area contributed by atoms with Crippen LogP contribution in [0.1, 0.15) is 73.0 Å². The van der Waals surface area contributed by atoms with Crippen molar-refractivity contribution in [3.8, 4) is 11.5 Å². The number of allylic oxidation sites excluding steroid dienone is 2. The molecule has 32 heavy (non-hydrogen) atoms. The molecular formula is C25H35NO6. The van der Waals surface area contributed by atoms with Gasteiger partial charge in [-0.15, -0.1) is 0 Å². The van der Waals surface area contributed by atoms with Crippen LogP contribution in [0.3, 0.4) is 0 Å². The number of piperidine rings is 1. The highest BCUT2D eigenvalue weighted by Crippen LogP contribution is 2.42. The second-order valence-corrected chi connectivity index (χ2v) is 8.77. The van der Waals surface area contributed by atoms with E-state index in [1.165, 1.54) is 26.4 Å². The number of carbonyl (C=O) groups is 2. The number of esters is 2. The van der Waals surface area contributed by atoms with E-state index in [9.17, 15) is 14.7 Å². The van der Waals surface area contributed by atoms with Gasteiger partial charge in [0.2, 0.25) is 0 Å². The predicted molar refractivity (Wildman–Crippen MR) is 121 cm³/mol. The van der Waals surface area contributed by atoms with E-state index in [-0.39, 0.29) is 23.9 Å². The minimum atomic E-state index is -0.523. The highest BCUT2D eigenvalue weighted by molar-refractivity contribution is 5.98. The summed E-state index contributed by atoms with van der Waals surface area (Å²) in [6, 6.07) is 0.566. The Morgan fingerprint density at radius 2 is 2.09 bits per heavy atom. The maximum absolute atomic E-state index is 12.1. The predicted octanol–water partition coefficient (Wildman–Crippen LogP) is 4.07. The van der Waals surface area contributed by atoms with Crippen molar-refractivity contribution in [3.63, 3.8) is 0 Å². The van der Waals surface area contributed by atoms with Gasteiger partial charge in [0.15, 0.2) is 11.5 Å². The maximum atomic E-state index is 12.1. The Labute approximate surface area is 190 Å². The van der Waals surface area contributed by atoms with Crippen LogP contribution in [0.2, 0.25) is 0 Å². The van der Waals surface area contributed by atoms with Crippen LogP contribution in [0.5, 0.6) is 11.5 Å². The first kappa shape index (κ1) is 24.1. The van der Waals surface area contributed by atoms with Crippen molar-refractivity contribution in [2.75, 3.05) is 26.8 Å². The van der Waals surface area contributed by atoms with Gasteiger partial charge in [-0.1, -0.05) is 18.1 Å². The minimum Gasteiger partial charge on any atom is -0.504 e. The van der Waals surface area contributed by atoms with E-state index in [1.54, 1.807) is 0 Å². The van der Waals surface area contributed by atoms with Gasteiger partial charge in [-0.3, -0.25) is 9.69 Å². The lowest BCUT2D eigenvalue weighted by molar-refractivity contribution is -0.144. The quantitative estimate of drug-likeness (QED) is 0.453. The second-order valence-electron chi connectivity index (χ2n) is 8.77. The van der Waals surface area contributed by atoms with Gasteiger partial charge in [0.1, 0.15) is 18.8 Å². The Hall–Kier alpha value is -2.54.